The third-order valence-electron chi connectivity index (χ3n) is 3.15. The molecule has 2 aromatic rings. The van der Waals surface area contributed by atoms with Gasteiger partial charge in [0.05, 0.1) is 27.2 Å². The van der Waals surface area contributed by atoms with E-state index in [0.717, 1.165) is 18.4 Å². The molecule has 1 fully saturated rings. The lowest BCUT2D eigenvalue weighted by Crippen LogP contribution is -2.27. The molecule has 2 aromatic heterocycles. The monoisotopic (exact) mass is 391 g/mol. The van der Waals surface area contributed by atoms with Crippen LogP contribution in [0.2, 0.25) is 0 Å². The van der Waals surface area contributed by atoms with E-state index in [0.29, 0.717) is 24.4 Å². The van der Waals surface area contributed by atoms with Crippen molar-refractivity contribution in [3.05, 3.63) is 20.2 Å². The van der Waals surface area contributed by atoms with E-state index in [-0.39, 0.29) is 6.04 Å². The first kappa shape index (κ1) is 13.5. The number of nitrogens with zero attached hydrogens (tertiary/aromatic N) is 2. The van der Waals surface area contributed by atoms with E-state index in [1.54, 1.807) is 11.3 Å². The zero-order valence-electron chi connectivity index (χ0n) is 10.2. The predicted octanol–water partition coefficient (Wildman–Crippen LogP) is 2.97. The normalized spacial score (nSPS) is 17.4. The molecular weight excluding hydrogens is 377 g/mol. The third-order valence-corrected chi connectivity index (χ3v) is 4.94. The quantitative estimate of drug-likeness (QED) is 0.794. The van der Waals surface area contributed by atoms with Crippen molar-refractivity contribution >= 4 is 33.9 Å². The zero-order valence-corrected chi connectivity index (χ0v) is 13.2. The van der Waals surface area contributed by atoms with Crippen LogP contribution < -0.4 is 5.73 Å². The van der Waals surface area contributed by atoms with Gasteiger partial charge in [0.1, 0.15) is 0 Å². The summed E-state index contributed by atoms with van der Waals surface area (Å²) in [6.07, 6.45) is 3.90. The molecule has 0 aliphatic heterocycles. The molecule has 19 heavy (non-hydrogen) atoms. The molecule has 3 rings (SSSR count). The Bertz CT molecular complexity index is 553. The number of nitrogens with two attached hydrogens (primary N) is 1. The van der Waals surface area contributed by atoms with Crippen LogP contribution in [0.25, 0.3) is 11.5 Å². The van der Waals surface area contributed by atoms with Crippen LogP contribution in [0.3, 0.4) is 0 Å². The van der Waals surface area contributed by atoms with Crippen LogP contribution in [0.15, 0.2) is 16.0 Å². The van der Waals surface area contributed by atoms with E-state index in [4.69, 9.17) is 15.0 Å². The third kappa shape index (κ3) is 3.15. The molecule has 5 nitrogen and oxygen atoms in total. The Hall–Kier alpha value is -0.510. The van der Waals surface area contributed by atoms with Crippen molar-refractivity contribution in [1.29, 1.82) is 0 Å². The van der Waals surface area contributed by atoms with Gasteiger partial charge in [0.15, 0.2) is 5.82 Å². The molecule has 1 saturated carbocycles. The summed E-state index contributed by atoms with van der Waals surface area (Å²) in [5, 5.41) is 5.93. The first-order valence-corrected chi connectivity index (χ1v) is 8.13. The minimum Gasteiger partial charge on any atom is -0.376 e. The molecule has 0 aromatic carbocycles. The second-order valence-corrected chi connectivity index (χ2v) is 7.40. The number of ether oxygens (including phenoxy) is 1. The zero-order chi connectivity index (χ0) is 13.2. The first-order valence-electron chi connectivity index (χ1n) is 6.17. The fraction of sp³-hybridized carbons (Fsp3) is 0.500. The highest BCUT2D eigenvalue weighted by molar-refractivity contribution is 14.1. The standard InChI is InChI=1S/C12H14IN3O2S/c13-10-4-7(6-19-10)12-15-11(16-18-12)9(14)5-17-8-2-1-3-8/h4,6,8-9H,1-3,5,14H2. The number of halogens is 1. The highest BCUT2D eigenvalue weighted by Crippen LogP contribution is 2.26. The Morgan fingerprint density at radius 3 is 3.05 bits per heavy atom. The van der Waals surface area contributed by atoms with Gasteiger partial charge in [-0.25, -0.2) is 0 Å². The van der Waals surface area contributed by atoms with Gasteiger partial charge in [0.2, 0.25) is 0 Å². The maximum atomic E-state index is 6.01. The molecule has 1 atom stereocenters. The maximum Gasteiger partial charge on any atom is 0.258 e. The molecular formula is C12H14IN3O2S. The van der Waals surface area contributed by atoms with Crippen LogP contribution >= 0.6 is 33.9 Å². The summed E-state index contributed by atoms with van der Waals surface area (Å²) in [6, 6.07) is 1.69. The highest BCUT2D eigenvalue weighted by atomic mass is 127. The highest BCUT2D eigenvalue weighted by Gasteiger charge is 2.21. The van der Waals surface area contributed by atoms with Gasteiger partial charge in [0, 0.05) is 5.38 Å². The van der Waals surface area contributed by atoms with E-state index < -0.39 is 0 Å². The van der Waals surface area contributed by atoms with Crippen molar-refractivity contribution in [1.82, 2.24) is 10.1 Å². The Kier molecular flexibility index (Phi) is 4.15. The van der Waals surface area contributed by atoms with Crippen molar-refractivity contribution in [3.8, 4) is 11.5 Å². The minimum absolute atomic E-state index is 0.323. The van der Waals surface area contributed by atoms with Gasteiger partial charge in [-0.05, 0) is 47.9 Å². The molecule has 1 unspecified atom stereocenters. The summed E-state index contributed by atoms with van der Waals surface area (Å²) in [5.41, 5.74) is 6.95. The molecule has 7 heteroatoms. The van der Waals surface area contributed by atoms with Gasteiger partial charge < -0.3 is 15.0 Å². The topological polar surface area (TPSA) is 74.2 Å². The number of aromatic nitrogens is 2. The van der Waals surface area contributed by atoms with Crippen molar-refractivity contribution in [2.45, 2.75) is 31.4 Å². The Labute approximate surface area is 128 Å². The summed E-state index contributed by atoms with van der Waals surface area (Å²) < 4.78 is 12.1. The average molecular weight is 391 g/mol. The molecule has 0 saturated heterocycles. The van der Waals surface area contributed by atoms with Gasteiger partial charge in [-0.15, -0.1) is 11.3 Å². The van der Waals surface area contributed by atoms with Gasteiger partial charge >= 0.3 is 0 Å². The molecule has 1 aliphatic rings. The summed E-state index contributed by atoms with van der Waals surface area (Å²) in [7, 11) is 0. The predicted molar refractivity (Wildman–Crippen MR) is 80.8 cm³/mol. The van der Waals surface area contributed by atoms with Crippen LogP contribution in [-0.2, 0) is 4.74 Å². The molecule has 0 amide bonds. The van der Waals surface area contributed by atoms with Crippen LogP contribution in [0.4, 0.5) is 0 Å². The molecule has 1 aliphatic carbocycles. The van der Waals surface area contributed by atoms with E-state index in [1.807, 2.05) is 11.4 Å². The number of hydrogen-bond donors (Lipinski definition) is 1. The van der Waals surface area contributed by atoms with Gasteiger partial charge in [0.25, 0.3) is 5.89 Å². The number of rotatable bonds is 5. The fourth-order valence-corrected chi connectivity index (χ4v) is 3.10. The Balaban J connectivity index is 1.63. The molecule has 0 bridgehead atoms. The van der Waals surface area contributed by atoms with E-state index >= 15 is 0 Å². The second kappa shape index (κ2) is 5.86. The number of hydrogen-bond acceptors (Lipinski definition) is 6. The van der Waals surface area contributed by atoms with Crippen LogP contribution in [-0.4, -0.2) is 22.9 Å². The lowest BCUT2D eigenvalue weighted by Gasteiger charge is -2.26. The maximum absolute atomic E-state index is 6.01. The van der Waals surface area contributed by atoms with Crippen molar-refractivity contribution in [2.75, 3.05) is 6.61 Å². The SMILES string of the molecule is NC(COC1CCC1)c1noc(-c2csc(I)c2)n1. The van der Waals surface area contributed by atoms with E-state index in [9.17, 15) is 0 Å². The molecule has 102 valence electrons. The van der Waals surface area contributed by atoms with Gasteiger partial charge in [-0.1, -0.05) is 5.16 Å². The lowest BCUT2D eigenvalue weighted by atomic mass is 9.96. The van der Waals surface area contributed by atoms with Crippen LogP contribution in [0.1, 0.15) is 31.1 Å². The minimum atomic E-state index is -0.323. The van der Waals surface area contributed by atoms with Crippen LogP contribution in [0.5, 0.6) is 0 Å². The largest absolute Gasteiger partial charge is 0.376 e. The first-order chi connectivity index (χ1) is 9.22. The van der Waals surface area contributed by atoms with E-state index in [1.165, 1.54) is 9.30 Å². The second-order valence-electron chi connectivity index (χ2n) is 4.59. The van der Waals surface area contributed by atoms with E-state index in [2.05, 4.69) is 32.7 Å². The van der Waals surface area contributed by atoms with Crippen molar-refractivity contribution < 1.29 is 9.26 Å². The lowest BCUT2D eigenvalue weighted by molar-refractivity contribution is -0.00549. The number of thiophene rings is 1. The summed E-state index contributed by atoms with van der Waals surface area (Å²) >= 11 is 3.91. The Morgan fingerprint density at radius 1 is 1.58 bits per heavy atom. The van der Waals surface area contributed by atoms with Crippen molar-refractivity contribution in [3.63, 3.8) is 0 Å². The molecule has 0 spiro atoms. The summed E-state index contributed by atoms with van der Waals surface area (Å²) in [4.78, 5) is 4.34. The van der Waals surface area contributed by atoms with Gasteiger partial charge in [-0.3, -0.25) is 0 Å². The average Bonchev–Trinajstić information content (AvgIpc) is 2.94. The summed E-state index contributed by atoms with van der Waals surface area (Å²) in [5.74, 6) is 1.03. The van der Waals surface area contributed by atoms with Crippen molar-refractivity contribution in [2.24, 2.45) is 5.73 Å². The molecule has 0 radical (unpaired) electrons. The summed E-state index contributed by atoms with van der Waals surface area (Å²) in [6.45, 7) is 0.449. The van der Waals surface area contributed by atoms with Crippen LogP contribution in [0, 0.1) is 2.88 Å². The molecule has 2 heterocycles. The fourth-order valence-electron chi connectivity index (χ4n) is 1.78. The van der Waals surface area contributed by atoms with Gasteiger partial charge in [-0.2, -0.15) is 4.98 Å². The molecule has 2 N–H and O–H groups in total. The smallest absolute Gasteiger partial charge is 0.258 e. The Morgan fingerprint density at radius 2 is 2.42 bits per heavy atom.